The second-order valence-electron chi connectivity index (χ2n) is 6.46. The van der Waals surface area contributed by atoms with Gasteiger partial charge < -0.3 is 14.7 Å². The van der Waals surface area contributed by atoms with Gasteiger partial charge in [-0.25, -0.2) is 4.98 Å². The highest BCUT2D eigenvalue weighted by molar-refractivity contribution is 5.53. The normalized spacial score (nSPS) is 30.0. The van der Waals surface area contributed by atoms with Gasteiger partial charge in [0.05, 0.1) is 11.2 Å². The first-order valence-corrected chi connectivity index (χ1v) is 8.05. The highest BCUT2D eigenvalue weighted by Crippen LogP contribution is 2.40. The van der Waals surface area contributed by atoms with Gasteiger partial charge in [-0.05, 0) is 37.3 Å². The number of piperidine rings is 1. The van der Waals surface area contributed by atoms with Crippen LogP contribution in [0.3, 0.4) is 0 Å². The van der Waals surface area contributed by atoms with Crippen molar-refractivity contribution in [3.05, 3.63) is 23.9 Å². The Hall–Kier alpha value is -1.64. The first kappa shape index (κ1) is 15.3. The van der Waals surface area contributed by atoms with Crippen LogP contribution in [-0.2, 0) is 4.74 Å². The largest absolute Gasteiger partial charge is 0.389 e. The predicted octanol–water partition coefficient (Wildman–Crippen LogP) is 1.96. The molecule has 118 valence electrons. The molecule has 1 aromatic heterocycles. The summed E-state index contributed by atoms with van der Waals surface area (Å²) in [5.74, 6) is 1.21. The molecule has 0 amide bonds. The van der Waals surface area contributed by atoms with Gasteiger partial charge in [-0.15, -0.1) is 0 Å². The molecule has 0 radical (unpaired) electrons. The molecular weight excluding hydrogens is 278 g/mol. The van der Waals surface area contributed by atoms with Crippen LogP contribution in [0.15, 0.2) is 18.3 Å². The average Bonchev–Trinajstić information content (AvgIpc) is 2.58. The zero-order chi connectivity index (χ0) is 15.6. The van der Waals surface area contributed by atoms with Gasteiger partial charge in [0.25, 0.3) is 0 Å². The van der Waals surface area contributed by atoms with Gasteiger partial charge in [0, 0.05) is 38.4 Å². The lowest BCUT2D eigenvalue weighted by atomic mass is 9.70. The number of hydrogen-bond acceptors (Lipinski definition) is 5. The summed E-state index contributed by atoms with van der Waals surface area (Å²) in [6.07, 6.45) is 4.32. The van der Waals surface area contributed by atoms with Gasteiger partial charge >= 0.3 is 0 Å². The number of aromatic nitrogens is 1. The fourth-order valence-electron chi connectivity index (χ4n) is 3.87. The van der Waals surface area contributed by atoms with Crippen molar-refractivity contribution >= 4 is 5.82 Å². The van der Waals surface area contributed by atoms with E-state index in [2.05, 4.69) is 22.9 Å². The van der Waals surface area contributed by atoms with Gasteiger partial charge in [-0.1, -0.05) is 6.92 Å². The Morgan fingerprint density at radius 1 is 1.45 bits per heavy atom. The number of anilines is 1. The molecule has 3 heterocycles. The molecule has 2 atom stereocenters. The second kappa shape index (κ2) is 6.23. The summed E-state index contributed by atoms with van der Waals surface area (Å²) in [5, 5.41) is 20.4. The first-order valence-electron chi connectivity index (χ1n) is 8.05. The van der Waals surface area contributed by atoms with E-state index < -0.39 is 5.60 Å². The Balaban J connectivity index is 1.76. The lowest BCUT2D eigenvalue weighted by Crippen LogP contribution is -2.56. The second-order valence-corrected chi connectivity index (χ2v) is 6.46. The number of aliphatic hydroxyl groups is 1. The maximum atomic E-state index is 11.2. The molecule has 0 aliphatic carbocycles. The molecule has 5 nitrogen and oxygen atoms in total. The van der Waals surface area contributed by atoms with E-state index in [-0.39, 0.29) is 5.92 Å². The monoisotopic (exact) mass is 301 g/mol. The summed E-state index contributed by atoms with van der Waals surface area (Å²) in [6.45, 7) is 5.09. The van der Waals surface area contributed by atoms with E-state index in [4.69, 9.17) is 4.74 Å². The highest BCUT2D eigenvalue weighted by Gasteiger charge is 2.45. The van der Waals surface area contributed by atoms with Crippen molar-refractivity contribution in [2.75, 3.05) is 31.2 Å². The molecule has 2 aliphatic rings. The molecule has 1 N–H and O–H groups in total. The van der Waals surface area contributed by atoms with E-state index in [1.54, 1.807) is 18.3 Å². The minimum absolute atomic E-state index is 0.151. The summed E-state index contributed by atoms with van der Waals surface area (Å²) < 4.78 is 5.42. The van der Waals surface area contributed by atoms with E-state index >= 15 is 0 Å². The average molecular weight is 301 g/mol. The molecule has 2 aliphatic heterocycles. The highest BCUT2D eigenvalue weighted by atomic mass is 16.5. The fourth-order valence-corrected chi connectivity index (χ4v) is 3.87. The van der Waals surface area contributed by atoms with E-state index in [1.807, 2.05) is 0 Å². The van der Waals surface area contributed by atoms with Gasteiger partial charge in [-0.3, -0.25) is 0 Å². The van der Waals surface area contributed by atoms with Crippen molar-refractivity contribution in [3.8, 4) is 6.07 Å². The molecule has 0 unspecified atom stereocenters. The molecule has 0 spiro atoms. The lowest BCUT2D eigenvalue weighted by Gasteiger charge is -2.48. The SMILES string of the molecule is C[C@@H]1CN(c2ncccc2C#N)CC[C@@]1(O)C1CCOCC1. The fraction of sp³-hybridized carbons (Fsp3) is 0.647. The Kier molecular flexibility index (Phi) is 4.32. The van der Waals surface area contributed by atoms with Crippen LogP contribution in [0.5, 0.6) is 0 Å². The topological polar surface area (TPSA) is 69.4 Å². The summed E-state index contributed by atoms with van der Waals surface area (Å²) in [4.78, 5) is 6.51. The van der Waals surface area contributed by atoms with Crippen LogP contribution >= 0.6 is 0 Å². The summed E-state index contributed by atoms with van der Waals surface area (Å²) >= 11 is 0. The smallest absolute Gasteiger partial charge is 0.146 e. The van der Waals surface area contributed by atoms with Crippen molar-refractivity contribution in [1.82, 2.24) is 4.98 Å². The van der Waals surface area contributed by atoms with E-state index in [9.17, 15) is 10.4 Å². The van der Waals surface area contributed by atoms with Gasteiger partial charge in [0.2, 0.25) is 0 Å². The standard InChI is InChI=1S/C17H23N3O2/c1-13-12-20(16-14(11-18)3-2-7-19-16)8-6-17(13,21)15-4-9-22-10-5-15/h2-3,7,13,15,21H,4-6,8-10,12H2,1H3/t13-,17+/m1/s1. The molecule has 3 rings (SSSR count). The maximum absolute atomic E-state index is 11.2. The van der Waals surface area contributed by atoms with Crippen LogP contribution in [0, 0.1) is 23.2 Å². The zero-order valence-electron chi connectivity index (χ0n) is 13.0. The number of rotatable bonds is 2. The minimum atomic E-state index is -0.623. The van der Waals surface area contributed by atoms with Crippen molar-refractivity contribution in [2.24, 2.45) is 11.8 Å². The molecule has 2 saturated heterocycles. The number of ether oxygens (including phenoxy) is 1. The predicted molar refractivity (Wildman–Crippen MR) is 83.4 cm³/mol. The van der Waals surface area contributed by atoms with Crippen molar-refractivity contribution in [3.63, 3.8) is 0 Å². The maximum Gasteiger partial charge on any atom is 0.146 e. The van der Waals surface area contributed by atoms with Crippen LogP contribution in [0.1, 0.15) is 31.7 Å². The van der Waals surface area contributed by atoms with Crippen LogP contribution in [0.25, 0.3) is 0 Å². The van der Waals surface area contributed by atoms with E-state index in [0.717, 1.165) is 51.4 Å². The molecule has 0 bridgehead atoms. The molecule has 0 aromatic carbocycles. The van der Waals surface area contributed by atoms with Gasteiger partial charge in [-0.2, -0.15) is 5.26 Å². The third kappa shape index (κ3) is 2.69. The van der Waals surface area contributed by atoms with Gasteiger partial charge in [0.1, 0.15) is 11.9 Å². The van der Waals surface area contributed by atoms with Gasteiger partial charge in [0.15, 0.2) is 0 Å². The number of nitriles is 1. The summed E-state index contributed by atoms with van der Waals surface area (Å²) in [7, 11) is 0. The summed E-state index contributed by atoms with van der Waals surface area (Å²) in [6, 6.07) is 5.79. The zero-order valence-corrected chi connectivity index (χ0v) is 13.0. The number of hydrogen-bond donors (Lipinski definition) is 1. The first-order chi connectivity index (χ1) is 10.6. The minimum Gasteiger partial charge on any atom is -0.389 e. The molecule has 22 heavy (non-hydrogen) atoms. The Labute approximate surface area is 131 Å². The Morgan fingerprint density at radius 3 is 2.91 bits per heavy atom. The molecule has 0 saturated carbocycles. The van der Waals surface area contributed by atoms with Crippen molar-refractivity contribution in [1.29, 1.82) is 5.26 Å². The summed E-state index contributed by atoms with van der Waals surface area (Å²) in [5.41, 5.74) is -0.0202. The van der Waals surface area contributed by atoms with Crippen LogP contribution < -0.4 is 4.90 Å². The Bertz CT molecular complexity index is 565. The van der Waals surface area contributed by atoms with Crippen LogP contribution in [0.2, 0.25) is 0 Å². The molecular formula is C17H23N3O2. The van der Waals surface area contributed by atoms with E-state index in [1.165, 1.54) is 0 Å². The lowest BCUT2D eigenvalue weighted by molar-refractivity contribution is -0.108. The number of nitrogens with zero attached hydrogens (tertiary/aromatic N) is 3. The van der Waals surface area contributed by atoms with Crippen LogP contribution in [-0.4, -0.2) is 42.0 Å². The number of pyridine rings is 1. The van der Waals surface area contributed by atoms with E-state index in [0.29, 0.717) is 11.5 Å². The molecule has 2 fully saturated rings. The van der Waals surface area contributed by atoms with Crippen molar-refractivity contribution < 1.29 is 9.84 Å². The Morgan fingerprint density at radius 2 is 2.23 bits per heavy atom. The van der Waals surface area contributed by atoms with Crippen molar-refractivity contribution in [2.45, 2.75) is 31.8 Å². The van der Waals surface area contributed by atoms with Crippen LogP contribution in [0.4, 0.5) is 5.82 Å². The quantitative estimate of drug-likeness (QED) is 0.904. The molecule has 5 heteroatoms. The third-order valence-corrected chi connectivity index (χ3v) is 5.26. The molecule has 1 aromatic rings. The third-order valence-electron chi connectivity index (χ3n) is 5.26.